The van der Waals surface area contributed by atoms with Gasteiger partial charge in [-0.05, 0) is 24.1 Å². The van der Waals surface area contributed by atoms with Crippen molar-refractivity contribution in [3.63, 3.8) is 0 Å². The molecule has 1 amide bonds. The summed E-state index contributed by atoms with van der Waals surface area (Å²) in [4.78, 5) is 15.6. The summed E-state index contributed by atoms with van der Waals surface area (Å²) in [6, 6.07) is 11.3. The molecule has 5 heteroatoms. The van der Waals surface area contributed by atoms with Gasteiger partial charge in [0, 0.05) is 18.8 Å². The Morgan fingerprint density at radius 1 is 1.30 bits per heavy atom. The van der Waals surface area contributed by atoms with E-state index >= 15 is 0 Å². The first kappa shape index (κ1) is 14.0. The lowest BCUT2D eigenvalue weighted by Crippen LogP contribution is -2.23. The van der Waals surface area contributed by atoms with Gasteiger partial charge in [0.1, 0.15) is 5.82 Å². The van der Waals surface area contributed by atoms with Crippen molar-refractivity contribution in [2.75, 3.05) is 11.9 Å². The molecule has 0 aliphatic heterocycles. The highest BCUT2D eigenvalue weighted by atomic mass is 16.1. The van der Waals surface area contributed by atoms with E-state index in [0.29, 0.717) is 17.9 Å². The number of carbonyl (C=O) groups is 1. The summed E-state index contributed by atoms with van der Waals surface area (Å²) in [5.74, 6) is -0.0183. The van der Waals surface area contributed by atoms with Crippen LogP contribution in [0.5, 0.6) is 0 Å². The molecule has 0 radical (unpaired) electrons. The summed E-state index contributed by atoms with van der Waals surface area (Å²) in [5.41, 5.74) is 13.7. The Morgan fingerprint density at radius 3 is 2.65 bits per heavy atom. The van der Waals surface area contributed by atoms with Gasteiger partial charge in [-0.25, -0.2) is 4.98 Å². The maximum atomic E-state index is 11.5. The van der Waals surface area contributed by atoms with Gasteiger partial charge in [0.25, 0.3) is 5.91 Å². The number of hydrogen-bond acceptors (Lipinski definition) is 4. The van der Waals surface area contributed by atoms with E-state index in [0.717, 1.165) is 11.1 Å². The first-order chi connectivity index (χ1) is 9.59. The van der Waals surface area contributed by atoms with Crippen molar-refractivity contribution in [3.8, 4) is 0 Å². The normalized spacial score (nSPS) is 11.9. The maximum Gasteiger partial charge on any atom is 0.252 e. The van der Waals surface area contributed by atoms with E-state index in [1.165, 1.54) is 0 Å². The molecule has 1 aromatic heterocycles. The summed E-state index contributed by atoms with van der Waals surface area (Å²) in [6.07, 6.45) is 1.64. The molecule has 0 saturated carbocycles. The SMILES string of the molecule is Cc1ccnc(NCC(N)c2ccccc2)c1C(N)=O. The van der Waals surface area contributed by atoms with Crippen molar-refractivity contribution in [1.82, 2.24) is 4.98 Å². The first-order valence-electron chi connectivity index (χ1n) is 6.39. The van der Waals surface area contributed by atoms with Crippen LogP contribution in [-0.4, -0.2) is 17.4 Å². The van der Waals surface area contributed by atoms with Gasteiger partial charge in [-0.2, -0.15) is 0 Å². The number of nitrogens with one attached hydrogen (secondary N) is 1. The van der Waals surface area contributed by atoms with Crippen LogP contribution < -0.4 is 16.8 Å². The smallest absolute Gasteiger partial charge is 0.252 e. The number of pyridine rings is 1. The Morgan fingerprint density at radius 2 is 2.00 bits per heavy atom. The zero-order valence-corrected chi connectivity index (χ0v) is 11.3. The highest BCUT2D eigenvalue weighted by Crippen LogP contribution is 2.17. The molecule has 0 fully saturated rings. The number of rotatable bonds is 5. The summed E-state index contributed by atoms with van der Waals surface area (Å²) >= 11 is 0. The van der Waals surface area contributed by atoms with E-state index in [4.69, 9.17) is 11.5 Å². The van der Waals surface area contributed by atoms with Crippen molar-refractivity contribution in [2.24, 2.45) is 11.5 Å². The average Bonchev–Trinajstić information content (AvgIpc) is 2.45. The standard InChI is InChI=1S/C15H18N4O/c1-10-7-8-18-15(13(10)14(17)20)19-9-12(16)11-5-3-2-4-6-11/h2-8,12H,9,16H2,1H3,(H2,17,20)(H,18,19). The van der Waals surface area contributed by atoms with Crippen molar-refractivity contribution in [3.05, 3.63) is 59.3 Å². The summed E-state index contributed by atoms with van der Waals surface area (Å²) < 4.78 is 0. The minimum Gasteiger partial charge on any atom is -0.367 e. The van der Waals surface area contributed by atoms with Crippen LogP contribution in [0.4, 0.5) is 5.82 Å². The number of nitrogens with two attached hydrogens (primary N) is 2. The van der Waals surface area contributed by atoms with Gasteiger partial charge in [0.15, 0.2) is 0 Å². The molecule has 2 rings (SSSR count). The van der Waals surface area contributed by atoms with Crippen molar-refractivity contribution >= 4 is 11.7 Å². The van der Waals surface area contributed by atoms with Gasteiger partial charge < -0.3 is 16.8 Å². The predicted octanol–water partition coefficient (Wildman–Crippen LogP) is 1.60. The van der Waals surface area contributed by atoms with Crippen molar-refractivity contribution in [1.29, 1.82) is 0 Å². The Kier molecular flexibility index (Phi) is 4.32. The average molecular weight is 270 g/mol. The van der Waals surface area contributed by atoms with E-state index in [-0.39, 0.29) is 6.04 Å². The van der Waals surface area contributed by atoms with Crippen molar-refractivity contribution < 1.29 is 4.79 Å². The van der Waals surface area contributed by atoms with Crippen LogP contribution in [0.25, 0.3) is 0 Å². The third kappa shape index (κ3) is 3.13. The van der Waals surface area contributed by atoms with E-state index in [9.17, 15) is 4.79 Å². The summed E-state index contributed by atoms with van der Waals surface area (Å²) in [5, 5.41) is 3.10. The van der Waals surface area contributed by atoms with Crippen molar-refractivity contribution in [2.45, 2.75) is 13.0 Å². The summed E-state index contributed by atoms with van der Waals surface area (Å²) in [6.45, 7) is 2.30. The van der Waals surface area contributed by atoms with E-state index in [1.807, 2.05) is 37.3 Å². The molecule has 0 saturated heterocycles. The predicted molar refractivity (Wildman–Crippen MR) is 79.4 cm³/mol. The molecule has 20 heavy (non-hydrogen) atoms. The zero-order valence-electron chi connectivity index (χ0n) is 11.3. The molecule has 0 bridgehead atoms. The van der Waals surface area contributed by atoms with Gasteiger partial charge in [-0.3, -0.25) is 4.79 Å². The molecule has 104 valence electrons. The lowest BCUT2D eigenvalue weighted by Gasteiger charge is -2.15. The Bertz CT molecular complexity index is 598. The highest BCUT2D eigenvalue weighted by Gasteiger charge is 2.13. The molecule has 1 atom stereocenters. The molecule has 0 spiro atoms. The largest absolute Gasteiger partial charge is 0.367 e. The second-order valence-corrected chi connectivity index (χ2v) is 4.61. The minimum atomic E-state index is -0.494. The number of aryl methyl sites for hydroxylation is 1. The molecule has 2 aromatic rings. The molecule has 1 heterocycles. The molecule has 5 N–H and O–H groups in total. The van der Waals surface area contributed by atoms with Gasteiger partial charge >= 0.3 is 0 Å². The number of anilines is 1. The molecule has 1 aromatic carbocycles. The topological polar surface area (TPSA) is 94.0 Å². The van der Waals surface area contributed by atoms with Crippen LogP contribution in [-0.2, 0) is 0 Å². The van der Waals surface area contributed by atoms with Crippen LogP contribution in [0.2, 0.25) is 0 Å². The van der Waals surface area contributed by atoms with Gasteiger partial charge in [0.05, 0.1) is 5.56 Å². The lowest BCUT2D eigenvalue weighted by molar-refractivity contribution is 0.1000. The molecular formula is C15H18N4O. The number of nitrogens with zero attached hydrogens (tertiary/aromatic N) is 1. The molecule has 1 unspecified atom stereocenters. The van der Waals surface area contributed by atoms with Crippen LogP contribution in [0.15, 0.2) is 42.6 Å². The van der Waals surface area contributed by atoms with E-state index in [2.05, 4.69) is 10.3 Å². The molecule has 0 aliphatic rings. The number of aromatic nitrogens is 1. The van der Waals surface area contributed by atoms with Crippen LogP contribution >= 0.6 is 0 Å². The number of amides is 1. The Hall–Kier alpha value is -2.40. The Balaban J connectivity index is 2.12. The quantitative estimate of drug-likeness (QED) is 0.769. The van der Waals surface area contributed by atoms with E-state index in [1.54, 1.807) is 12.3 Å². The van der Waals surface area contributed by atoms with Gasteiger partial charge in [0.2, 0.25) is 0 Å². The third-order valence-corrected chi connectivity index (χ3v) is 3.12. The monoisotopic (exact) mass is 270 g/mol. The maximum absolute atomic E-state index is 11.5. The fraction of sp³-hybridized carbons (Fsp3) is 0.200. The fourth-order valence-electron chi connectivity index (χ4n) is 2.03. The van der Waals surface area contributed by atoms with Crippen LogP contribution in [0.1, 0.15) is 27.5 Å². The fourth-order valence-corrected chi connectivity index (χ4v) is 2.03. The van der Waals surface area contributed by atoms with Crippen LogP contribution in [0.3, 0.4) is 0 Å². The van der Waals surface area contributed by atoms with Gasteiger partial charge in [-0.1, -0.05) is 30.3 Å². The number of primary amides is 1. The molecule has 5 nitrogen and oxygen atoms in total. The third-order valence-electron chi connectivity index (χ3n) is 3.12. The first-order valence-corrected chi connectivity index (χ1v) is 6.39. The van der Waals surface area contributed by atoms with Gasteiger partial charge in [-0.15, -0.1) is 0 Å². The number of benzene rings is 1. The Labute approximate surface area is 118 Å². The number of carbonyl (C=O) groups excluding carboxylic acids is 1. The lowest BCUT2D eigenvalue weighted by atomic mass is 10.1. The van der Waals surface area contributed by atoms with E-state index < -0.39 is 5.91 Å². The zero-order chi connectivity index (χ0) is 14.5. The second kappa shape index (κ2) is 6.16. The molecule has 0 aliphatic carbocycles. The second-order valence-electron chi connectivity index (χ2n) is 4.61. The minimum absolute atomic E-state index is 0.181. The summed E-state index contributed by atoms with van der Waals surface area (Å²) in [7, 11) is 0. The number of hydrogen-bond donors (Lipinski definition) is 3. The highest BCUT2D eigenvalue weighted by molar-refractivity contribution is 5.98. The molecular weight excluding hydrogens is 252 g/mol. The van der Waals surface area contributed by atoms with Crippen LogP contribution in [0, 0.1) is 6.92 Å².